The quantitative estimate of drug-likeness (QED) is 0.851. The number of aryl methyl sites for hydroxylation is 2. The average Bonchev–Trinajstić information content (AvgIpc) is 3.20. The van der Waals surface area contributed by atoms with Gasteiger partial charge in [-0.25, -0.2) is 8.42 Å². The van der Waals surface area contributed by atoms with Crippen molar-refractivity contribution in [2.45, 2.75) is 31.3 Å². The van der Waals surface area contributed by atoms with Crippen molar-refractivity contribution >= 4 is 16.0 Å². The van der Waals surface area contributed by atoms with Gasteiger partial charge in [-0.05, 0) is 32.0 Å². The van der Waals surface area contributed by atoms with Crippen molar-refractivity contribution in [3.05, 3.63) is 41.9 Å². The highest BCUT2D eigenvalue weighted by atomic mass is 32.2. The third-order valence-corrected chi connectivity index (χ3v) is 6.28. The summed E-state index contributed by atoms with van der Waals surface area (Å²) in [5, 5.41) is 13.8. The first-order chi connectivity index (χ1) is 11.8. The van der Waals surface area contributed by atoms with Gasteiger partial charge in [-0.3, -0.25) is 14.5 Å². The smallest absolute Gasteiger partial charge is 0.308 e. The van der Waals surface area contributed by atoms with Crippen LogP contribution < -0.4 is 0 Å². The van der Waals surface area contributed by atoms with Gasteiger partial charge in [-0.15, -0.1) is 0 Å². The Morgan fingerprint density at radius 1 is 1.36 bits per heavy atom. The second-order valence-electron chi connectivity index (χ2n) is 6.07. The highest BCUT2D eigenvalue weighted by Gasteiger charge is 2.45. The van der Waals surface area contributed by atoms with Crippen LogP contribution in [0.1, 0.15) is 24.2 Å². The van der Waals surface area contributed by atoms with E-state index in [1.54, 1.807) is 31.3 Å². The van der Waals surface area contributed by atoms with E-state index in [0.29, 0.717) is 17.9 Å². The molecule has 0 amide bonds. The number of pyridine rings is 1. The van der Waals surface area contributed by atoms with Crippen LogP contribution in [0.3, 0.4) is 0 Å². The lowest BCUT2D eigenvalue weighted by molar-refractivity contribution is -0.141. The van der Waals surface area contributed by atoms with Crippen LogP contribution in [-0.2, 0) is 21.4 Å². The van der Waals surface area contributed by atoms with Crippen molar-refractivity contribution in [2.75, 3.05) is 13.1 Å². The van der Waals surface area contributed by atoms with Gasteiger partial charge in [0.05, 0.1) is 11.6 Å². The van der Waals surface area contributed by atoms with Gasteiger partial charge in [0, 0.05) is 37.4 Å². The number of hydrogen-bond donors (Lipinski definition) is 1. The fourth-order valence-electron chi connectivity index (χ4n) is 3.20. The molecule has 0 aromatic carbocycles. The van der Waals surface area contributed by atoms with E-state index in [1.807, 2.05) is 6.92 Å². The first-order valence-electron chi connectivity index (χ1n) is 8.03. The first-order valence-corrected chi connectivity index (χ1v) is 9.47. The molecule has 0 unspecified atom stereocenters. The molecular formula is C16H20N4O4S. The van der Waals surface area contributed by atoms with Gasteiger partial charge >= 0.3 is 5.97 Å². The summed E-state index contributed by atoms with van der Waals surface area (Å²) in [7, 11) is -3.83. The Kier molecular flexibility index (Phi) is 4.61. The van der Waals surface area contributed by atoms with Crippen LogP contribution in [0.4, 0.5) is 0 Å². The molecule has 0 spiro atoms. The van der Waals surface area contributed by atoms with Crippen LogP contribution in [0.5, 0.6) is 0 Å². The maximum atomic E-state index is 13.0. The molecule has 0 radical (unpaired) electrons. The van der Waals surface area contributed by atoms with Gasteiger partial charge in [0.15, 0.2) is 5.03 Å². The van der Waals surface area contributed by atoms with Crippen molar-refractivity contribution in [2.24, 2.45) is 5.92 Å². The average molecular weight is 364 g/mol. The summed E-state index contributed by atoms with van der Waals surface area (Å²) >= 11 is 0. The number of carbonyl (C=O) groups is 1. The fourth-order valence-corrected chi connectivity index (χ4v) is 4.93. The Hall–Kier alpha value is -2.26. The summed E-state index contributed by atoms with van der Waals surface area (Å²) in [6, 6.07) is 6.76. The minimum absolute atomic E-state index is 0.0765. The normalized spacial score (nSPS) is 21.5. The Morgan fingerprint density at radius 3 is 2.72 bits per heavy atom. The lowest BCUT2D eigenvalue weighted by Crippen LogP contribution is -2.31. The van der Waals surface area contributed by atoms with Crippen molar-refractivity contribution < 1.29 is 18.3 Å². The van der Waals surface area contributed by atoms with Crippen LogP contribution in [0, 0.1) is 12.8 Å². The van der Waals surface area contributed by atoms with Gasteiger partial charge in [0.25, 0.3) is 10.0 Å². The summed E-state index contributed by atoms with van der Waals surface area (Å²) < 4.78 is 28.7. The third kappa shape index (κ3) is 3.16. The van der Waals surface area contributed by atoms with E-state index < -0.39 is 27.8 Å². The molecule has 1 aliphatic rings. The van der Waals surface area contributed by atoms with Gasteiger partial charge in [-0.2, -0.15) is 9.40 Å². The van der Waals surface area contributed by atoms with Crippen LogP contribution in [-0.4, -0.2) is 51.7 Å². The maximum Gasteiger partial charge on any atom is 0.308 e. The van der Waals surface area contributed by atoms with E-state index in [0.717, 1.165) is 0 Å². The van der Waals surface area contributed by atoms with Crippen LogP contribution >= 0.6 is 0 Å². The number of rotatable bonds is 5. The fraction of sp³-hybridized carbons (Fsp3) is 0.438. The zero-order chi connectivity index (χ0) is 18.2. The highest BCUT2D eigenvalue weighted by Crippen LogP contribution is 2.35. The number of aliphatic carboxylic acids is 1. The number of carboxylic acids is 1. The highest BCUT2D eigenvalue weighted by molar-refractivity contribution is 7.89. The third-order valence-electron chi connectivity index (χ3n) is 4.44. The molecule has 0 bridgehead atoms. The molecule has 1 N–H and O–H groups in total. The Balaban J connectivity index is 1.97. The molecule has 2 atom stereocenters. The lowest BCUT2D eigenvalue weighted by atomic mass is 9.93. The van der Waals surface area contributed by atoms with Gasteiger partial charge in [-0.1, -0.05) is 6.07 Å². The Bertz CT molecular complexity index is 879. The first kappa shape index (κ1) is 17.6. The Morgan fingerprint density at radius 2 is 2.12 bits per heavy atom. The molecule has 2 aromatic rings. The van der Waals surface area contributed by atoms with Gasteiger partial charge < -0.3 is 5.11 Å². The topological polar surface area (TPSA) is 105 Å². The maximum absolute atomic E-state index is 13.0. The number of aromatic nitrogens is 3. The van der Waals surface area contributed by atoms with Crippen LogP contribution in [0.25, 0.3) is 0 Å². The molecule has 1 aliphatic heterocycles. The summed E-state index contributed by atoms with van der Waals surface area (Å²) in [5.41, 5.74) is 1.20. The molecular weight excluding hydrogens is 344 g/mol. The predicted molar refractivity (Wildman–Crippen MR) is 89.5 cm³/mol. The summed E-state index contributed by atoms with van der Waals surface area (Å²) in [4.78, 5) is 15.9. The number of nitrogens with zero attached hydrogens (tertiary/aromatic N) is 4. The zero-order valence-electron chi connectivity index (χ0n) is 14.0. The minimum atomic E-state index is -3.83. The van der Waals surface area contributed by atoms with Crippen molar-refractivity contribution in [1.29, 1.82) is 0 Å². The van der Waals surface area contributed by atoms with E-state index in [4.69, 9.17) is 0 Å². The van der Waals surface area contributed by atoms with E-state index in [9.17, 15) is 18.3 Å². The second kappa shape index (κ2) is 6.57. The van der Waals surface area contributed by atoms with Gasteiger partial charge in [0.2, 0.25) is 0 Å². The van der Waals surface area contributed by atoms with Crippen molar-refractivity contribution in [1.82, 2.24) is 19.1 Å². The molecule has 25 heavy (non-hydrogen) atoms. The summed E-state index contributed by atoms with van der Waals surface area (Å²) in [6.07, 6.45) is 1.58. The van der Waals surface area contributed by atoms with Crippen molar-refractivity contribution in [3.8, 4) is 0 Å². The molecule has 9 heteroatoms. The molecule has 2 aromatic heterocycles. The Labute approximate surface area is 146 Å². The molecule has 0 aliphatic carbocycles. The monoisotopic (exact) mass is 364 g/mol. The second-order valence-corrected chi connectivity index (χ2v) is 7.95. The van der Waals surface area contributed by atoms with Crippen LogP contribution in [0.2, 0.25) is 0 Å². The van der Waals surface area contributed by atoms with Gasteiger partial charge in [0.1, 0.15) is 0 Å². The molecule has 1 saturated heterocycles. The predicted octanol–water partition coefficient (Wildman–Crippen LogP) is 1.10. The number of carboxylic acid groups (broad SMARTS) is 1. The standard InChI is InChI=1S/C16H20N4O4S/c1-3-20-15(8-11(2)18-20)25(23,24)19-9-12(13(10-19)16(21)22)14-6-4-5-7-17-14/h4-8,12-13H,3,9-10H2,1-2H3,(H,21,22)/t12-,13-/m0/s1. The summed E-state index contributed by atoms with van der Waals surface area (Å²) in [5.74, 6) is -2.33. The molecule has 1 fully saturated rings. The largest absolute Gasteiger partial charge is 0.481 e. The van der Waals surface area contributed by atoms with E-state index >= 15 is 0 Å². The van der Waals surface area contributed by atoms with E-state index in [-0.39, 0.29) is 18.1 Å². The lowest BCUT2D eigenvalue weighted by Gasteiger charge is -2.16. The molecule has 3 heterocycles. The van der Waals surface area contributed by atoms with Crippen LogP contribution in [0.15, 0.2) is 35.5 Å². The number of hydrogen-bond acceptors (Lipinski definition) is 5. The van der Waals surface area contributed by atoms with E-state index in [2.05, 4.69) is 10.1 Å². The SMILES string of the molecule is CCn1nc(C)cc1S(=O)(=O)N1C[C@H](C(=O)O)[C@@H](c2ccccn2)C1. The number of sulfonamides is 1. The van der Waals surface area contributed by atoms with Crippen molar-refractivity contribution in [3.63, 3.8) is 0 Å². The van der Waals surface area contributed by atoms with E-state index in [1.165, 1.54) is 15.1 Å². The molecule has 3 rings (SSSR count). The molecule has 134 valence electrons. The molecule has 0 saturated carbocycles. The molecule has 8 nitrogen and oxygen atoms in total. The minimum Gasteiger partial charge on any atom is -0.481 e. The summed E-state index contributed by atoms with van der Waals surface area (Å²) in [6.45, 7) is 3.97. The zero-order valence-corrected chi connectivity index (χ0v) is 14.8.